The Morgan fingerprint density at radius 2 is 2.07 bits per heavy atom. The number of rotatable bonds is 4. The van der Waals surface area contributed by atoms with Gasteiger partial charge in [-0.25, -0.2) is 4.98 Å². The summed E-state index contributed by atoms with van der Waals surface area (Å²) in [6.45, 7) is 9.52. The Bertz CT molecular complexity index is 300. The van der Waals surface area contributed by atoms with E-state index in [4.69, 9.17) is 5.73 Å². The first-order valence-corrected chi connectivity index (χ1v) is 5.37. The second-order valence-electron chi connectivity index (χ2n) is 4.25. The Balaban J connectivity index is 2.97. The van der Waals surface area contributed by atoms with Crippen molar-refractivity contribution in [2.45, 2.75) is 47.1 Å². The summed E-state index contributed by atoms with van der Waals surface area (Å²) in [6.07, 6.45) is 2.14. The highest BCUT2D eigenvalue weighted by Crippen LogP contribution is 2.16. The molecule has 2 N–H and O–H groups in total. The fourth-order valence-electron chi connectivity index (χ4n) is 1.63. The number of nitrogens with zero attached hydrogens (tertiary/aromatic N) is 2. The summed E-state index contributed by atoms with van der Waals surface area (Å²) in [7, 11) is 0. The monoisotopic (exact) mass is 195 g/mol. The van der Waals surface area contributed by atoms with Gasteiger partial charge in [0.2, 0.25) is 0 Å². The fourth-order valence-corrected chi connectivity index (χ4v) is 1.63. The molecular weight excluding hydrogens is 174 g/mol. The molecule has 0 amide bonds. The fraction of sp³-hybridized carbons (Fsp3) is 0.727. The van der Waals surface area contributed by atoms with Crippen molar-refractivity contribution in [3.05, 3.63) is 11.5 Å². The van der Waals surface area contributed by atoms with Crippen molar-refractivity contribution in [2.75, 3.05) is 5.73 Å². The second kappa shape index (κ2) is 4.49. The molecule has 14 heavy (non-hydrogen) atoms. The highest BCUT2D eigenvalue weighted by Gasteiger charge is 2.11. The van der Waals surface area contributed by atoms with Gasteiger partial charge in [-0.2, -0.15) is 0 Å². The van der Waals surface area contributed by atoms with Crippen molar-refractivity contribution >= 4 is 5.82 Å². The first-order chi connectivity index (χ1) is 6.56. The van der Waals surface area contributed by atoms with Gasteiger partial charge < -0.3 is 10.3 Å². The molecule has 0 atom stereocenters. The standard InChI is InChI=1S/C11H21N3/c1-5-6-10-13-9(4)11(12)14(10)7-8(2)3/h8H,5-7,12H2,1-4H3. The van der Waals surface area contributed by atoms with Gasteiger partial charge in [0, 0.05) is 13.0 Å². The Morgan fingerprint density at radius 3 is 2.57 bits per heavy atom. The molecule has 3 heteroatoms. The molecule has 0 spiro atoms. The number of aromatic nitrogens is 2. The second-order valence-corrected chi connectivity index (χ2v) is 4.25. The van der Waals surface area contributed by atoms with Gasteiger partial charge in [-0.15, -0.1) is 0 Å². The molecule has 0 unspecified atom stereocenters. The molecule has 0 saturated heterocycles. The average molecular weight is 195 g/mol. The zero-order valence-corrected chi connectivity index (χ0v) is 9.67. The Kier molecular flexibility index (Phi) is 3.55. The van der Waals surface area contributed by atoms with E-state index < -0.39 is 0 Å². The van der Waals surface area contributed by atoms with E-state index in [1.165, 1.54) is 0 Å². The quantitative estimate of drug-likeness (QED) is 0.801. The van der Waals surface area contributed by atoms with Gasteiger partial charge in [0.15, 0.2) is 0 Å². The van der Waals surface area contributed by atoms with Crippen molar-refractivity contribution < 1.29 is 0 Å². The zero-order valence-electron chi connectivity index (χ0n) is 9.67. The molecule has 0 fully saturated rings. The summed E-state index contributed by atoms with van der Waals surface area (Å²) in [5.41, 5.74) is 6.95. The molecule has 1 aromatic rings. The minimum atomic E-state index is 0.613. The van der Waals surface area contributed by atoms with Crippen LogP contribution >= 0.6 is 0 Å². The van der Waals surface area contributed by atoms with Crippen LogP contribution < -0.4 is 5.73 Å². The largest absolute Gasteiger partial charge is 0.384 e. The highest BCUT2D eigenvalue weighted by molar-refractivity contribution is 5.37. The van der Waals surface area contributed by atoms with Crippen molar-refractivity contribution in [3.8, 4) is 0 Å². The van der Waals surface area contributed by atoms with Gasteiger partial charge in [0.05, 0.1) is 5.69 Å². The molecular formula is C11H21N3. The summed E-state index contributed by atoms with van der Waals surface area (Å²) in [5, 5.41) is 0. The topological polar surface area (TPSA) is 43.8 Å². The third-order valence-electron chi connectivity index (χ3n) is 2.29. The SMILES string of the molecule is CCCc1nc(C)c(N)n1CC(C)C. The van der Waals surface area contributed by atoms with Gasteiger partial charge >= 0.3 is 0 Å². The van der Waals surface area contributed by atoms with Crippen LogP contribution in [0.2, 0.25) is 0 Å². The summed E-state index contributed by atoms with van der Waals surface area (Å²) >= 11 is 0. The van der Waals surface area contributed by atoms with E-state index in [1.807, 2.05) is 6.92 Å². The maximum absolute atomic E-state index is 5.98. The average Bonchev–Trinajstić information content (AvgIpc) is 2.33. The Morgan fingerprint density at radius 1 is 1.43 bits per heavy atom. The summed E-state index contributed by atoms with van der Waals surface area (Å²) in [6, 6.07) is 0. The molecule has 80 valence electrons. The molecule has 0 saturated carbocycles. The van der Waals surface area contributed by atoms with E-state index in [1.54, 1.807) is 0 Å². The third-order valence-corrected chi connectivity index (χ3v) is 2.29. The lowest BCUT2D eigenvalue weighted by atomic mass is 10.2. The summed E-state index contributed by atoms with van der Waals surface area (Å²) in [5.74, 6) is 2.58. The van der Waals surface area contributed by atoms with E-state index in [0.29, 0.717) is 5.92 Å². The lowest BCUT2D eigenvalue weighted by Crippen LogP contribution is -2.11. The van der Waals surface area contributed by atoms with E-state index in [9.17, 15) is 0 Å². The lowest BCUT2D eigenvalue weighted by molar-refractivity contribution is 0.510. The Hall–Kier alpha value is -0.990. The minimum absolute atomic E-state index is 0.613. The van der Waals surface area contributed by atoms with E-state index in [0.717, 1.165) is 36.7 Å². The van der Waals surface area contributed by atoms with Crippen LogP contribution in [0, 0.1) is 12.8 Å². The molecule has 0 aliphatic rings. The number of imidazole rings is 1. The number of hydrogen-bond acceptors (Lipinski definition) is 2. The molecule has 0 aromatic carbocycles. The molecule has 0 aliphatic heterocycles. The van der Waals surface area contributed by atoms with Crippen molar-refractivity contribution in [1.29, 1.82) is 0 Å². The van der Waals surface area contributed by atoms with E-state index in [2.05, 4.69) is 30.3 Å². The molecule has 0 bridgehead atoms. The molecule has 1 heterocycles. The first kappa shape index (κ1) is 11.1. The van der Waals surface area contributed by atoms with Crippen molar-refractivity contribution in [1.82, 2.24) is 9.55 Å². The van der Waals surface area contributed by atoms with Crippen molar-refractivity contribution in [3.63, 3.8) is 0 Å². The molecule has 1 aromatic heterocycles. The van der Waals surface area contributed by atoms with Crippen LogP contribution in [0.1, 0.15) is 38.7 Å². The number of nitrogen functional groups attached to an aromatic ring is 1. The van der Waals surface area contributed by atoms with E-state index >= 15 is 0 Å². The predicted molar refractivity (Wildman–Crippen MR) is 60.2 cm³/mol. The van der Waals surface area contributed by atoms with Crippen LogP contribution in [-0.4, -0.2) is 9.55 Å². The maximum atomic E-state index is 5.98. The molecule has 1 rings (SSSR count). The molecule has 3 nitrogen and oxygen atoms in total. The van der Waals surface area contributed by atoms with Gasteiger partial charge in [0.1, 0.15) is 11.6 Å². The summed E-state index contributed by atoms with van der Waals surface area (Å²) in [4.78, 5) is 4.49. The van der Waals surface area contributed by atoms with Crippen LogP contribution in [0.25, 0.3) is 0 Å². The number of aryl methyl sites for hydroxylation is 2. The zero-order chi connectivity index (χ0) is 10.7. The maximum Gasteiger partial charge on any atom is 0.126 e. The molecule has 0 radical (unpaired) electrons. The molecule has 0 aliphatic carbocycles. The smallest absolute Gasteiger partial charge is 0.126 e. The third kappa shape index (κ3) is 2.28. The predicted octanol–water partition coefficient (Wildman–Crippen LogP) is 2.38. The summed E-state index contributed by atoms with van der Waals surface area (Å²) < 4.78 is 2.16. The highest BCUT2D eigenvalue weighted by atomic mass is 15.1. The van der Waals surface area contributed by atoms with Gasteiger partial charge in [-0.05, 0) is 19.3 Å². The van der Waals surface area contributed by atoms with Crippen molar-refractivity contribution in [2.24, 2.45) is 5.92 Å². The number of hydrogen-bond donors (Lipinski definition) is 1. The lowest BCUT2D eigenvalue weighted by Gasteiger charge is -2.11. The van der Waals surface area contributed by atoms with Gasteiger partial charge in [-0.3, -0.25) is 0 Å². The number of anilines is 1. The van der Waals surface area contributed by atoms with E-state index in [-0.39, 0.29) is 0 Å². The van der Waals surface area contributed by atoms with Gasteiger partial charge in [-0.1, -0.05) is 20.8 Å². The Labute approximate surface area is 86.3 Å². The minimum Gasteiger partial charge on any atom is -0.384 e. The van der Waals surface area contributed by atoms with Crippen LogP contribution in [0.5, 0.6) is 0 Å². The first-order valence-electron chi connectivity index (χ1n) is 5.37. The van der Waals surface area contributed by atoms with Crippen LogP contribution in [0.4, 0.5) is 5.82 Å². The number of nitrogens with two attached hydrogens (primary N) is 1. The van der Waals surface area contributed by atoms with Crippen LogP contribution in [0.3, 0.4) is 0 Å². The van der Waals surface area contributed by atoms with Crippen LogP contribution in [0.15, 0.2) is 0 Å². The normalized spacial score (nSPS) is 11.2. The van der Waals surface area contributed by atoms with Gasteiger partial charge in [0.25, 0.3) is 0 Å². The van der Waals surface area contributed by atoms with Crippen LogP contribution in [-0.2, 0) is 13.0 Å².